The van der Waals surface area contributed by atoms with Crippen LogP contribution in [-0.4, -0.2) is 34.7 Å². The average Bonchev–Trinajstić information content (AvgIpc) is 1.89. The zero-order valence-electron chi connectivity index (χ0n) is 5.84. The van der Waals surface area contributed by atoms with Crippen molar-refractivity contribution in [1.82, 2.24) is 0 Å². The Balaban J connectivity index is 0.000000810. The van der Waals surface area contributed by atoms with Crippen molar-refractivity contribution in [3.05, 3.63) is 29.8 Å². The van der Waals surface area contributed by atoms with Crippen molar-refractivity contribution in [3.8, 4) is 5.75 Å². The van der Waals surface area contributed by atoms with Crippen LogP contribution in [-0.2, 0) is 5.88 Å². The van der Waals surface area contributed by atoms with Crippen LogP contribution in [0.5, 0.6) is 5.75 Å². The molecule has 1 N–H and O–H groups in total. The van der Waals surface area contributed by atoms with Crippen molar-refractivity contribution in [2.45, 2.75) is 5.88 Å². The molecule has 0 saturated heterocycles. The van der Waals surface area contributed by atoms with Crippen LogP contribution in [0.4, 0.5) is 0 Å². The van der Waals surface area contributed by atoms with Crippen LogP contribution >= 0.6 is 11.6 Å². The molecule has 0 unspecified atom stereocenters. The number of para-hydroxylation sites is 1. The standard InChI is InChI=1S/C7H7ClO.Na/c8-5-6-3-1-2-4-7(6)9;/h1-4,9H,5H2;. The van der Waals surface area contributed by atoms with Gasteiger partial charge < -0.3 is 5.11 Å². The second-order valence-electron chi connectivity index (χ2n) is 1.76. The minimum Gasteiger partial charge on any atom is -0.508 e. The molecular weight excluding hydrogens is 159 g/mol. The van der Waals surface area contributed by atoms with E-state index in [0.717, 1.165) is 5.56 Å². The number of halogens is 1. The van der Waals surface area contributed by atoms with Gasteiger partial charge in [0.2, 0.25) is 0 Å². The third-order valence-corrected chi connectivity index (χ3v) is 1.42. The first-order valence-electron chi connectivity index (χ1n) is 2.67. The van der Waals surface area contributed by atoms with Gasteiger partial charge in [-0.3, -0.25) is 0 Å². The van der Waals surface area contributed by atoms with Crippen molar-refractivity contribution in [2.75, 3.05) is 0 Å². The SMILES string of the molecule is Oc1ccccc1CCl.[Na]. The van der Waals surface area contributed by atoms with Crippen LogP contribution in [0.15, 0.2) is 24.3 Å². The van der Waals surface area contributed by atoms with E-state index in [2.05, 4.69) is 0 Å². The van der Waals surface area contributed by atoms with Gasteiger partial charge in [-0.15, -0.1) is 11.6 Å². The summed E-state index contributed by atoms with van der Waals surface area (Å²) >= 11 is 5.47. The molecule has 0 aromatic heterocycles. The third kappa shape index (κ3) is 2.51. The van der Waals surface area contributed by atoms with Crippen LogP contribution < -0.4 is 0 Å². The number of benzene rings is 1. The molecule has 0 aliphatic heterocycles. The van der Waals surface area contributed by atoms with E-state index >= 15 is 0 Å². The van der Waals surface area contributed by atoms with Crippen LogP contribution in [0.25, 0.3) is 0 Å². The Morgan fingerprint density at radius 1 is 1.30 bits per heavy atom. The van der Waals surface area contributed by atoms with Gasteiger partial charge in [-0.2, -0.15) is 0 Å². The molecule has 49 valence electrons. The van der Waals surface area contributed by atoms with Crippen LogP contribution in [0.2, 0.25) is 0 Å². The summed E-state index contributed by atoms with van der Waals surface area (Å²) in [5, 5.41) is 9.03. The molecule has 0 aliphatic carbocycles. The molecule has 1 aromatic carbocycles. The fourth-order valence-electron chi connectivity index (χ4n) is 0.624. The Kier molecular flexibility index (Phi) is 5.18. The molecule has 1 radical (unpaired) electrons. The maximum atomic E-state index is 9.03. The quantitative estimate of drug-likeness (QED) is 0.497. The van der Waals surface area contributed by atoms with E-state index in [1.165, 1.54) is 0 Å². The molecule has 0 bridgehead atoms. The van der Waals surface area contributed by atoms with Gasteiger partial charge in [0.15, 0.2) is 0 Å². The zero-order valence-corrected chi connectivity index (χ0v) is 8.60. The molecule has 1 aromatic rings. The summed E-state index contributed by atoms with van der Waals surface area (Å²) in [6.07, 6.45) is 0. The summed E-state index contributed by atoms with van der Waals surface area (Å²) in [5.41, 5.74) is 0.777. The Bertz CT molecular complexity index is 203. The van der Waals surface area contributed by atoms with E-state index in [9.17, 15) is 0 Å². The molecule has 0 heterocycles. The third-order valence-electron chi connectivity index (χ3n) is 1.14. The van der Waals surface area contributed by atoms with Gasteiger partial charge in [-0.1, -0.05) is 18.2 Å². The Labute approximate surface area is 87.3 Å². The Hall–Kier alpha value is 0.310. The summed E-state index contributed by atoms with van der Waals surface area (Å²) in [6, 6.07) is 7.03. The van der Waals surface area contributed by atoms with E-state index in [4.69, 9.17) is 16.7 Å². The Morgan fingerprint density at radius 2 is 1.90 bits per heavy atom. The summed E-state index contributed by atoms with van der Waals surface area (Å²) in [6.45, 7) is 0. The molecule has 0 fully saturated rings. The molecular formula is C7H7ClNaO. The fraction of sp³-hybridized carbons (Fsp3) is 0.143. The second kappa shape index (κ2) is 5.03. The van der Waals surface area contributed by atoms with Crippen molar-refractivity contribution in [2.24, 2.45) is 0 Å². The van der Waals surface area contributed by atoms with Crippen molar-refractivity contribution in [3.63, 3.8) is 0 Å². The minimum absolute atomic E-state index is 0. The summed E-state index contributed by atoms with van der Waals surface area (Å²) in [4.78, 5) is 0. The number of rotatable bonds is 1. The predicted molar refractivity (Wildman–Crippen MR) is 43.4 cm³/mol. The number of aromatic hydroxyl groups is 1. The van der Waals surface area contributed by atoms with Crippen LogP contribution in [0.3, 0.4) is 0 Å². The molecule has 1 rings (SSSR count). The zero-order chi connectivity index (χ0) is 6.69. The van der Waals surface area contributed by atoms with Gasteiger partial charge in [-0.05, 0) is 6.07 Å². The van der Waals surface area contributed by atoms with E-state index in [1.807, 2.05) is 6.07 Å². The second-order valence-corrected chi connectivity index (χ2v) is 2.03. The number of phenolic OH excluding ortho intramolecular Hbond substituents is 1. The number of alkyl halides is 1. The monoisotopic (exact) mass is 165 g/mol. The molecule has 10 heavy (non-hydrogen) atoms. The van der Waals surface area contributed by atoms with Crippen LogP contribution in [0.1, 0.15) is 5.56 Å². The molecule has 0 saturated carbocycles. The van der Waals surface area contributed by atoms with Gasteiger partial charge >= 0.3 is 0 Å². The maximum absolute atomic E-state index is 9.03. The largest absolute Gasteiger partial charge is 0.508 e. The number of hydrogen-bond acceptors (Lipinski definition) is 1. The van der Waals surface area contributed by atoms with Crippen molar-refractivity contribution in [1.29, 1.82) is 0 Å². The van der Waals surface area contributed by atoms with Gasteiger partial charge in [0.25, 0.3) is 0 Å². The van der Waals surface area contributed by atoms with E-state index in [-0.39, 0.29) is 35.3 Å². The van der Waals surface area contributed by atoms with Crippen molar-refractivity contribution < 1.29 is 5.11 Å². The fourth-order valence-corrected chi connectivity index (χ4v) is 0.850. The Morgan fingerprint density at radius 3 is 2.30 bits per heavy atom. The van der Waals surface area contributed by atoms with Gasteiger partial charge in [0.1, 0.15) is 5.75 Å². The molecule has 0 amide bonds. The maximum Gasteiger partial charge on any atom is 0.119 e. The first kappa shape index (κ1) is 10.3. The summed E-state index contributed by atoms with van der Waals surface area (Å²) in [7, 11) is 0. The minimum atomic E-state index is 0. The van der Waals surface area contributed by atoms with E-state index < -0.39 is 0 Å². The molecule has 0 spiro atoms. The van der Waals surface area contributed by atoms with Crippen molar-refractivity contribution >= 4 is 41.2 Å². The normalized spacial score (nSPS) is 8.50. The average molecular weight is 166 g/mol. The van der Waals surface area contributed by atoms with Gasteiger partial charge in [0.05, 0.1) is 5.88 Å². The first-order valence-corrected chi connectivity index (χ1v) is 3.21. The topological polar surface area (TPSA) is 20.2 Å². The molecule has 1 nitrogen and oxygen atoms in total. The van der Waals surface area contributed by atoms with E-state index in [0.29, 0.717) is 5.88 Å². The van der Waals surface area contributed by atoms with Crippen LogP contribution in [0, 0.1) is 0 Å². The van der Waals surface area contributed by atoms with Gasteiger partial charge in [0, 0.05) is 35.1 Å². The molecule has 0 aliphatic rings. The summed E-state index contributed by atoms with van der Waals surface area (Å²) < 4.78 is 0. The number of phenols is 1. The molecule has 3 heteroatoms. The summed E-state index contributed by atoms with van der Waals surface area (Å²) in [5.74, 6) is 0.639. The predicted octanol–water partition coefficient (Wildman–Crippen LogP) is 1.75. The van der Waals surface area contributed by atoms with E-state index in [1.54, 1.807) is 18.2 Å². The first-order chi connectivity index (χ1) is 4.34. The van der Waals surface area contributed by atoms with Gasteiger partial charge in [-0.25, -0.2) is 0 Å². The molecule has 0 atom stereocenters. The number of hydrogen-bond donors (Lipinski definition) is 1. The smallest absolute Gasteiger partial charge is 0.119 e.